The lowest BCUT2D eigenvalue weighted by Crippen LogP contribution is -2.37. The molecule has 3 aromatic rings. The molecule has 0 unspecified atom stereocenters. The number of nitriles is 1. The lowest BCUT2D eigenvalue weighted by Gasteiger charge is -2.32. The van der Waals surface area contributed by atoms with Crippen molar-refractivity contribution in [2.24, 2.45) is 5.92 Å². The van der Waals surface area contributed by atoms with Gasteiger partial charge in [0.2, 0.25) is 5.95 Å². The predicted octanol–water partition coefficient (Wildman–Crippen LogP) is 3.55. The number of amides is 1. The third-order valence-corrected chi connectivity index (χ3v) is 6.28. The fourth-order valence-corrected chi connectivity index (χ4v) is 4.20. The lowest BCUT2D eigenvalue weighted by molar-refractivity contribution is -0.150. The quantitative estimate of drug-likeness (QED) is 0.237. The highest BCUT2D eigenvalue weighted by molar-refractivity contribution is 5.94. The van der Waals surface area contributed by atoms with E-state index in [1.54, 1.807) is 31.5 Å². The first kappa shape index (κ1) is 26.6. The van der Waals surface area contributed by atoms with Crippen LogP contribution in [0.1, 0.15) is 23.2 Å². The SMILES string of the molecule is COCCOC(=O)C1CCN(c2ccc(Nc3nccc(-c4ccc(C(=O)NCC#N)cc4)n3)cc2)CC1. The Bertz CT molecular complexity index is 1270. The van der Waals surface area contributed by atoms with E-state index in [0.717, 1.165) is 42.9 Å². The first-order valence-corrected chi connectivity index (χ1v) is 12.4. The van der Waals surface area contributed by atoms with E-state index in [-0.39, 0.29) is 24.3 Å². The first-order valence-electron chi connectivity index (χ1n) is 12.4. The van der Waals surface area contributed by atoms with E-state index in [2.05, 4.69) is 25.5 Å². The molecule has 2 aromatic carbocycles. The van der Waals surface area contributed by atoms with Crippen LogP contribution in [0.5, 0.6) is 0 Å². The number of aromatic nitrogens is 2. The molecule has 38 heavy (non-hydrogen) atoms. The second-order valence-electron chi connectivity index (χ2n) is 8.78. The number of piperidine rings is 1. The van der Waals surface area contributed by atoms with Crippen molar-refractivity contribution in [3.63, 3.8) is 0 Å². The average molecular weight is 515 g/mol. The van der Waals surface area contributed by atoms with E-state index in [1.165, 1.54) is 0 Å². The van der Waals surface area contributed by atoms with Crippen molar-refractivity contribution in [1.29, 1.82) is 5.26 Å². The van der Waals surface area contributed by atoms with Gasteiger partial charge < -0.3 is 25.0 Å². The smallest absolute Gasteiger partial charge is 0.309 e. The summed E-state index contributed by atoms with van der Waals surface area (Å²) in [5, 5.41) is 14.4. The fraction of sp³-hybridized carbons (Fsp3) is 0.321. The normalized spacial score (nSPS) is 13.4. The van der Waals surface area contributed by atoms with Crippen LogP contribution in [0.4, 0.5) is 17.3 Å². The number of esters is 1. The molecule has 0 aliphatic carbocycles. The number of anilines is 3. The Morgan fingerprint density at radius 3 is 2.47 bits per heavy atom. The van der Waals surface area contributed by atoms with E-state index < -0.39 is 0 Å². The fourth-order valence-electron chi connectivity index (χ4n) is 4.20. The Balaban J connectivity index is 1.32. The zero-order valence-electron chi connectivity index (χ0n) is 21.2. The van der Waals surface area contributed by atoms with Gasteiger partial charge in [0, 0.05) is 48.9 Å². The maximum absolute atomic E-state index is 12.2. The summed E-state index contributed by atoms with van der Waals surface area (Å²) in [6, 6.07) is 18.7. The molecular formula is C28H30N6O4. The number of rotatable bonds is 10. The molecule has 1 amide bonds. The van der Waals surface area contributed by atoms with Crippen LogP contribution in [0.15, 0.2) is 60.8 Å². The van der Waals surface area contributed by atoms with Crippen LogP contribution in [-0.4, -0.2) is 61.8 Å². The topological polar surface area (TPSA) is 129 Å². The van der Waals surface area contributed by atoms with Crippen molar-refractivity contribution < 1.29 is 19.1 Å². The Kier molecular flexibility index (Phi) is 9.21. The summed E-state index contributed by atoms with van der Waals surface area (Å²) in [5.74, 6) is -0.0405. The van der Waals surface area contributed by atoms with Crippen LogP contribution in [-0.2, 0) is 14.3 Å². The van der Waals surface area contributed by atoms with Crippen LogP contribution >= 0.6 is 0 Å². The highest BCUT2D eigenvalue weighted by atomic mass is 16.6. The van der Waals surface area contributed by atoms with Gasteiger partial charge in [-0.15, -0.1) is 0 Å². The van der Waals surface area contributed by atoms with Gasteiger partial charge in [-0.05, 0) is 55.3 Å². The molecule has 10 nitrogen and oxygen atoms in total. The third kappa shape index (κ3) is 7.05. The number of methoxy groups -OCH3 is 1. The summed E-state index contributed by atoms with van der Waals surface area (Å²) in [6.07, 6.45) is 3.20. The Labute approximate surface area is 221 Å². The van der Waals surface area contributed by atoms with Gasteiger partial charge in [-0.1, -0.05) is 12.1 Å². The molecule has 0 saturated carbocycles. The molecule has 0 bridgehead atoms. The molecule has 196 valence electrons. The predicted molar refractivity (Wildman–Crippen MR) is 143 cm³/mol. The van der Waals surface area contributed by atoms with E-state index in [1.807, 2.05) is 42.5 Å². The van der Waals surface area contributed by atoms with Crippen LogP contribution in [0.3, 0.4) is 0 Å². The monoisotopic (exact) mass is 514 g/mol. The van der Waals surface area contributed by atoms with Crippen molar-refractivity contribution in [2.75, 3.05) is 50.2 Å². The van der Waals surface area contributed by atoms with Gasteiger partial charge in [0.1, 0.15) is 13.2 Å². The summed E-state index contributed by atoms with van der Waals surface area (Å²) in [6.45, 7) is 2.26. The molecule has 2 heterocycles. The third-order valence-electron chi connectivity index (χ3n) is 6.28. The van der Waals surface area contributed by atoms with Gasteiger partial charge in [0.05, 0.1) is 24.3 Å². The summed E-state index contributed by atoms with van der Waals surface area (Å²) in [4.78, 5) is 35.4. The minimum atomic E-state index is -0.295. The number of benzene rings is 2. The standard InChI is InChI=1S/C28H30N6O4/c1-37-18-19-38-27(36)22-11-16-34(17-12-22)24-8-6-23(7-9-24)32-28-31-14-10-25(33-28)20-2-4-21(5-3-20)26(35)30-15-13-29/h2-10,14,22H,11-12,15-19H2,1H3,(H,30,35)(H,31,32,33). The van der Waals surface area contributed by atoms with Crippen LogP contribution in [0.25, 0.3) is 11.3 Å². The Hall–Kier alpha value is -4.49. The number of carbonyl (C=O) groups is 2. The van der Waals surface area contributed by atoms with Gasteiger partial charge in [0.15, 0.2) is 0 Å². The molecule has 0 spiro atoms. The maximum atomic E-state index is 12.2. The molecule has 0 atom stereocenters. The molecule has 1 aliphatic heterocycles. The number of carbonyl (C=O) groups excluding carboxylic acids is 2. The minimum absolute atomic E-state index is 0.0346. The van der Waals surface area contributed by atoms with Crippen molar-refractivity contribution in [1.82, 2.24) is 15.3 Å². The molecule has 1 saturated heterocycles. The molecule has 0 radical (unpaired) electrons. The zero-order chi connectivity index (χ0) is 26.7. The number of nitrogens with one attached hydrogen (secondary N) is 2. The first-order chi connectivity index (χ1) is 18.6. The van der Waals surface area contributed by atoms with E-state index in [0.29, 0.717) is 30.4 Å². The summed E-state index contributed by atoms with van der Waals surface area (Å²) in [7, 11) is 1.59. The molecule has 2 N–H and O–H groups in total. The molecule has 1 aromatic heterocycles. The van der Waals surface area contributed by atoms with Gasteiger partial charge in [-0.3, -0.25) is 9.59 Å². The van der Waals surface area contributed by atoms with Crippen molar-refractivity contribution >= 4 is 29.2 Å². The molecule has 10 heteroatoms. The largest absolute Gasteiger partial charge is 0.463 e. The van der Waals surface area contributed by atoms with Gasteiger partial charge in [-0.2, -0.15) is 5.26 Å². The number of hydrogen-bond acceptors (Lipinski definition) is 9. The molecule has 1 aliphatic rings. The highest BCUT2D eigenvalue weighted by Gasteiger charge is 2.26. The number of hydrogen-bond donors (Lipinski definition) is 2. The molecule has 1 fully saturated rings. The molecule has 4 rings (SSSR count). The second-order valence-corrected chi connectivity index (χ2v) is 8.78. The van der Waals surface area contributed by atoms with Crippen molar-refractivity contribution in [3.05, 3.63) is 66.4 Å². The second kappa shape index (κ2) is 13.2. The minimum Gasteiger partial charge on any atom is -0.463 e. The molecular weight excluding hydrogens is 484 g/mol. The Morgan fingerprint density at radius 1 is 1.05 bits per heavy atom. The van der Waals surface area contributed by atoms with E-state index >= 15 is 0 Å². The van der Waals surface area contributed by atoms with Gasteiger partial charge in [0.25, 0.3) is 5.91 Å². The zero-order valence-corrected chi connectivity index (χ0v) is 21.2. The van der Waals surface area contributed by atoms with Crippen molar-refractivity contribution in [2.45, 2.75) is 12.8 Å². The Morgan fingerprint density at radius 2 is 1.79 bits per heavy atom. The maximum Gasteiger partial charge on any atom is 0.309 e. The summed E-state index contributed by atoms with van der Waals surface area (Å²) in [5.41, 5.74) is 3.98. The van der Waals surface area contributed by atoms with Gasteiger partial charge >= 0.3 is 5.97 Å². The highest BCUT2D eigenvalue weighted by Crippen LogP contribution is 2.26. The van der Waals surface area contributed by atoms with E-state index in [4.69, 9.17) is 14.7 Å². The average Bonchev–Trinajstić information content (AvgIpc) is 2.97. The number of nitrogens with zero attached hydrogens (tertiary/aromatic N) is 4. The van der Waals surface area contributed by atoms with Gasteiger partial charge in [-0.25, -0.2) is 9.97 Å². The van der Waals surface area contributed by atoms with Crippen LogP contribution < -0.4 is 15.5 Å². The lowest BCUT2D eigenvalue weighted by atomic mass is 9.96. The van der Waals surface area contributed by atoms with Crippen LogP contribution in [0.2, 0.25) is 0 Å². The summed E-state index contributed by atoms with van der Waals surface area (Å²) < 4.78 is 10.2. The van der Waals surface area contributed by atoms with E-state index in [9.17, 15) is 9.59 Å². The van der Waals surface area contributed by atoms with Crippen molar-refractivity contribution in [3.8, 4) is 17.3 Å². The number of ether oxygens (including phenoxy) is 2. The summed E-state index contributed by atoms with van der Waals surface area (Å²) >= 11 is 0. The van der Waals surface area contributed by atoms with Crippen LogP contribution in [0, 0.1) is 17.2 Å².